The lowest BCUT2D eigenvalue weighted by Crippen LogP contribution is -2.29. The summed E-state index contributed by atoms with van der Waals surface area (Å²) in [5.41, 5.74) is 8.31. The van der Waals surface area contributed by atoms with E-state index in [1.807, 2.05) is 7.05 Å². The molecule has 118 valence electrons. The summed E-state index contributed by atoms with van der Waals surface area (Å²) < 4.78 is 0. The number of hydrogen-bond donors (Lipinski definition) is 1. The molecule has 0 aliphatic carbocycles. The molecule has 1 aromatic rings. The predicted molar refractivity (Wildman–Crippen MR) is 89.1 cm³/mol. The van der Waals surface area contributed by atoms with Gasteiger partial charge < -0.3 is 10.6 Å². The first-order chi connectivity index (χ1) is 9.77. The number of nitrogens with zero attached hydrogens (tertiary/aromatic N) is 1. The van der Waals surface area contributed by atoms with Crippen LogP contribution in [0.2, 0.25) is 0 Å². The molecule has 0 bridgehead atoms. The van der Waals surface area contributed by atoms with Crippen LogP contribution in [0.5, 0.6) is 0 Å². The number of rotatable bonds is 6. The average Bonchev–Trinajstić information content (AvgIpc) is 2.44. The smallest absolute Gasteiger partial charge is 0.222 e. The molecule has 3 heteroatoms. The van der Waals surface area contributed by atoms with Crippen molar-refractivity contribution >= 4 is 5.91 Å². The van der Waals surface area contributed by atoms with Crippen LogP contribution in [-0.4, -0.2) is 24.4 Å². The number of benzene rings is 1. The van der Waals surface area contributed by atoms with E-state index in [0.717, 1.165) is 6.42 Å². The summed E-state index contributed by atoms with van der Waals surface area (Å²) in [7, 11) is 1.86. The molecule has 0 aliphatic heterocycles. The van der Waals surface area contributed by atoms with Crippen LogP contribution in [0.15, 0.2) is 24.3 Å². The Morgan fingerprint density at radius 3 is 2.24 bits per heavy atom. The summed E-state index contributed by atoms with van der Waals surface area (Å²) in [5.74, 6) is 0.468. The molecule has 1 unspecified atom stereocenters. The maximum absolute atomic E-state index is 12.2. The van der Waals surface area contributed by atoms with Gasteiger partial charge >= 0.3 is 0 Å². The van der Waals surface area contributed by atoms with E-state index in [1.54, 1.807) is 4.90 Å². The standard InChI is InChI=1S/C18H30N2O/c1-6-14(12-19)11-17(21)20(5)13-15-7-9-16(10-8-15)18(2,3)4/h7-10,14H,6,11-13,19H2,1-5H3. The Labute approximate surface area is 129 Å². The molecule has 1 atom stereocenters. The van der Waals surface area contributed by atoms with Gasteiger partial charge in [0.15, 0.2) is 0 Å². The van der Waals surface area contributed by atoms with Gasteiger partial charge in [0, 0.05) is 20.0 Å². The average molecular weight is 290 g/mol. The zero-order valence-electron chi connectivity index (χ0n) is 14.1. The Bertz CT molecular complexity index is 441. The highest BCUT2D eigenvalue weighted by atomic mass is 16.2. The van der Waals surface area contributed by atoms with Gasteiger partial charge in [0.25, 0.3) is 0 Å². The minimum absolute atomic E-state index is 0.162. The second kappa shape index (κ2) is 7.60. The number of hydrogen-bond acceptors (Lipinski definition) is 2. The number of carbonyl (C=O) groups excluding carboxylic acids is 1. The van der Waals surface area contributed by atoms with Gasteiger partial charge in [0.2, 0.25) is 5.91 Å². The van der Waals surface area contributed by atoms with Crippen molar-refractivity contribution in [1.82, 2.24) is 4.90 Å². The van der Waals surface area contributed by atoms with Gasteiger partial charge in [-0.1, -0.05) is 58.4 Å². The minimum Gasteiger partial charge on any atom is -0.341 e. The Morgan fingerprint density at radius 1 is 1.24 bits per heavy atom. The molecular weight excluding hydrogens is 260 g/mol. The van der Waals surface area contributed by atoms with Crippen LogP contribution in [0, 0.1) is 5.92 Å². The molecule has 0 spiro atoms. The zero-order chi connectivity index (χ0) is 16.0. The summed E-state index contributed by atoms with van der Waals surface area (Å²) in [4.78, 5) is 14.0. The molecule has 1 rings (SSSR count). The highest BCUT2D eigenvalue weighted by Gasteiger charge is 2.16. The van der Waals surface area contributed by atoms with Crippen LogP contribution in [0.1, 0.15) is 51.7 Å². The molecule has 0 heterocycles. The van der Waals surface area contributed by atoms with E-state index < -0.39 is 0 Å². The largest absolute Gasteiger partial charge is 0.341 e. The lowest BCUT2D eigenvalue weighted by Gasteiger charge is -2.22. The van der Waals surface area contributed by atoms with Gasteiger partial charge in [-0.2, -0.15) is 0 Å². The van der Waals surface area contributed by atoms with Crippen LogP contribution in [-0.2, 0) is 16.8 Å². The van der Waals surface area contributed by atoms with Crippen molar-refractivity contribution < 1.29 is 4.79 Å². The van der Waals surface area contributed by atoms with Gasteiger partial charge in [0.1, 0.15) is 0 Å². The molecule has 0 radical (unpaired) electrons. The van der Waals surface area contributed by atoms with E-state index >= 15 is 0 Å². The first-order valence-corrected chi connectivity index (χ1v) is 7.81. The summed E-state index contributed by atoms with van der Waals surface area (Å²) in [5, 5.41) is 0. The maximum atomic E-state index is 12.2. The Balaban J connectivity index is 2.62. The minimum atomic E-state index is 0.162. The summed E-state index contributed by atoms with van der Waals surface area (Å²) >= 11 is 0. The van der Waals surface area contributed by atoms with Crippen molar-refractivity contribution in [3.05, 3.63) is 35.4 Å². The summed E-state index contributed by atoms with van der Waals surface area (Å²) in [6, 6.07) is 8.54. The topological polar surface area (TPSA) is 46.3 Å². The highest BCUT2D eigenvalue weighted by molar-refractivity contribution is 5.76. The quantitative estimate of drug-likeness (QED) is 0.873. The van der Waals surface area contributed by atoms with Crippen molar-refractivity contribution in [2.75, 3.05) is 13.6 Å². The first kappa shape index (κ1) is 17.7. The van der Waals surface area contributed by atoms with Crippen LogP contribution in [0.4, 0.5) is 0 Å². The molecule has 21 heavy (non-hydrogen) atoms. The number of carbonyl (C=O) groups is 1. The van der Waals surface area contributed by atoms with Gasteiger partial charge in [-0.3, -0.25) is 4.79 Å². The van der Waals surface area contributed by atoms with Crippen molar-refractivity contribution in [2.45, 2.75) is 52.5 Å². The molecule has 0 aromatic heterocycles. The summed E-state index contributed by atoms with van der Waals surface area (Å²) in [6.45, 7) is 9.93. The molecule has 0 aliphatic rings. The van der Waals surface area contributed by atoms with E-state index in [-0.39, 0.29) is 11.3 Å². The fourth-order valence-corrected chi connectivity index (χ4v) is 2.27. The van der Waals surface area contributed by atoms with E-state index in [0.29, 0.717) is 25.4 Å². The monoisotopic (exact) mass is 290 g/mol. The van der Waals surface area contributed by atoms with Gasteiger partial charge in [-0.15, -0.1) is 0 Å². The molecule has 3 nitrogen and oxygen atoms in total. The normalized spacial score (nSPS) is 13.0. The molecule has 1 amide bonds. The zero-order valence-corrected chi connectivity index (χ0v) is 14.1. The van der Waals surface area contributed by atoms with Gasteiger partial charge in [-0.25, -0.2) is 0 Å². The van der Waals surface area contributed by atoms with Gasteiger partial charge in [-0.05, 0) is 29.0 Å². The number of amides is 1. The lowest BCUT2D eigenvalue weighted by molar-refractivity contribution is -0.131. The molecule has 0 saturated carbocycles. The van der Waals surface area contributed by atoms with E-state index in [4.69, 9.17) is 5.73 Å². The van der Waals surface area contributed by atoms with Crippen LogP contribution < -0.4 is 5.73 Å². The second-order valence-electron chi connectivity index (χ2n) is 6.91. The Morgan fingerprint density at radius 2 is 1.81 bits per heavy atom. The molecule has 1 aromatic carbocycles. The van der Waals surface area contributed by atoms with Crippen LogP contribution >= 0.6 is 0 Å². The Hall–Kier alpha value is -1.35. The summed E-state index contributed by atoms with van der Waals surface area (Å²) in [6.07, 6.45) is 1.50. The van der Waals surface area contributed by atoms with Gasteiger partial charge in [0.05, 0.1) is 0 Å². The van der Waals surface area contributed by atoms with Crippen molar-refractivity contribution in [3.63, 3.8) is 0 Å². The lowest BCUT2D eigenvalue weighted by atomic mass is 9.87. The fraction of sp³-hybridized carbons (Fsp3) is 0.611. The van der Waals surface area contributed by atoms with Crippen molar-refractivity contribution in [2.24, 2.45) is 11.7 Å². The predicted octanol–water partition coefficient (Wildman–Crippen LogP) is 3.32. The third kappa shape index (κ3) is 5.50. The molecular formula is C18H30N2O. The third-order valence-electron chi connectivity index (χ3n) is 4.04. The fourth-order valence-electron chi connectivity index (χ4n) is 2.27. The van der Waals surface area contributed by atoms with Crippen LogP contribution in [0.3, 0.4) is 0 Å². The van der Waals surface area contributed by atoms with E-state index in [2.05, 4.69) is 52.0 Å². The number of nitrogens with two attached hydrogens (primary N) is 1. The van der Waals surface area contributed by atoms with Crippen molar-refractivity contribution in [3.8, 4) is 0 Å². The maximum Gasteiger partial charge on any atom is 0.222 e. The van der Waals surface area contributed by atoms with Crippen molar-refractivity contribution in [1.29, 1.82) is 0 Å². The highest BCUT2D eigenvalue weighted by Crippen LogP contribution is 2.22. The molecule has 0 saturated heterocycles. The molecule has 0 fully saturated rings. The SMILES string of the molecule is CCC(CN)CC(=O)N(C)Cc1ccc(C(C)(C)C)cc1. The third-order valence-corrected chi connectivity index (χ3v) is 4.04. The first-order valence-electron chi connectivity index (χ1n) is 7.81. The molecule has 2 N–H and O–H groups in total. The second-order valence-corrected chi connectivity index (χ2v) is 6.91. The van der Waals surface area contributed by atoms with E-state index in [9.17, 15) is 4.79 Å². The Kier molecular flexibility index (Phi) is 6.41. The van der Waals surface area contributed by atoms with E-state index in [1.165, 1.54) is 11.1 Å². The van der Waals surface area contributed by atoms with Crippen LogP contribution in [0.25, 0.3) is 0 Å².